The number of hydrogen-bond acceptors (Lipinski definition) is 4. The fraction of sp³-hybridized carbons (Fsp3) is 0.538. The SMILES string of the molecule is CC(C(=O)Nc1cccnc1Cl)N1CCC(CO)C1. The van der Waals surface area contributed by atoms with E-state index in [0.717, 1.165) is 19.5 Å². The maximum atomic E-state index is 12.1. The third kappa shape index (κ3) is 3.43. The van der Waals surface area contributed by atoms with Crippen molar-refractivity contribution < 1.29 is 9.90 Å². The molecular weight excluding hydrogens is 266 g/mol. The van der Waals surface area contributed by atoms with Gasteiger partial charge in [0.25, 0.3) is 0 Å². The van der Waals surface area contributed by atoms with Crippen molar-refractivity contribution in [3.63, 3.8) is 0 Å². The van der Waals surface area contributed by atoms with E-state index in [1.165, 1.54) is 0 Å². The Morgan fingerprint density at radius 2 is 2.53 bits per heavy atom. The smallest absolute Gasteiger partial charge is 0.241 e. The van der Waals surface area contributed by atoms with E-state index in [2.05, 4.69) is 15.2 Å². The molecule has 2 heterocycles. The number of aromatic nitrogens is 1. The van der Waals surface area contributed by atoms with Crippen LogP contribution in [0.1, 0.15) is 13.3 Å². The van der Waals surface area contributed by atoms with Gasteiger partial charge in [-0.15, -0.1) is 0 Å². The van der Waals surface area contributed by atoms with Gasteiger partial charge >= 0.3 is 0 Å². The van der Waals surface area contributed by atoms with Gasteiger partial charge in [-0.1, -0.05) is 11.6 Å². The van der Waals surface area contributed by atoms with E-state index in [4.69, 9.17) is 16.7 Å². The van der Waals surface area contributed by atoms with E-state index in [-0.39, 0.29) is 29.6 Å². The van der Waals surface area contributed by atoms with Gasteiger partial charge in [0.2, 0.25) is 5.91 Å². The number of carbonyl (C=O) groups excluding carboxylic acids is 1. The monoisotopic (exact) mass is 283 g/mol. The third-order valence-corrected chi connectivity index (χ3v) is 3.82. The second-order valence-electron chi connectivity index (χ2n) is 4.84. The third-order valence-electron chi connectivity index (χ3n) is 3.52. The van der Waals surface area contributed by atoms with Crippen LogP contribution < -0.4 is 5.32 Å². The summed E-state index contributed by atoms with van der Waals surface area (Å²) in [4.78, 5) is 18.1. The molecule has 5 nitrogen and oxygen atoms in total. The van der Waals surface area contributed by atoms with Gasteiger partial charge in [-0.25, -0.2) is 4.98 Å². The Morgan fingerprint density at radius 3 is 3.16 bits per heavy atom. The minimum Gasteiger partial charge on any atom is -0.396 e. The van der Waals surface area contributed by atoms with Crippen molar-refractivity contribution in [3.05, 3.63) is 23.5 Å². The molecule has 6 heteroatoms. The maximum Gasteiger partial charge on any atom is 0.241 e. The highest BCUT2D eigenvalue weighted by molar-refractivity contribution is 6.32. The second-order valence-corrected chi connectivity index (χ2v) is 5.20. The summed E-state index contributed by atoms with van der Waals surface area (Å²) in [6.45, 7) is 3.63. The zero-order valence-electron chi connectivity index (χ0n) is 10.8. The number of hydrogen-bond donors (Lipinski definition) is 2. The number of aliphatic hydroxyl groups excluding tert-OH is 1. The quantitative estimate of drug-likeness (QED) is 0.820. The molecule has 0 aliphatic carbocycles. The number of nitrogens with one attached hydrogen (secondary N) is 1. The zero-order valence-corrected chi connectivity index (χ0v) is 11.6. The van der Waals surface area contributed by atoms with Crippen LogP contribution in [0.3, 0.4) is 0 Å². The van der Waals surface area contributed by atoms with Gasteiger partial charge in [0.15, 0.2) is 5.15 Å². The maximum absolute atomic E-state index is 12.1. The molecular formula is C13H18ClN3O2. The number of rotatable bonds is 4. The Labute approximate surface area is 117 Å². The highest BCUT2D eigenvalue weighted by atomic mass is 35.5. The van der Waals surface area contributed by atoms with Crippen molar-refractivity contribution >= 4 is 23.2 Å². The first-order chi connectivity index (χ1) is 9.11. The minimum absolute atomic E-state index is 0.103. The summed E-state index contributed by atoms with van der Waals surface area (Å²) in [5, 5.41) is 12.2. The average molecular weight is 284 g/mol. The van der Waals surface area contributed by atoms with Crippen molar-refractivity contribution in [1.82, 2.24) is 9.88 Å². The molecule has 104 valence electrons. The van der Waals surface area contributed by atoms with Gasteiger partial charge in [0.05, 0.1) is 11.7 Å². The van der Waals surface area contributed by atoms with Gasteiger partial charge in [-0.2, -0.15) is 0 Å². The lowest BCUT2D eigenvalue weighted by atomic mass is 10.1. The molecule has 1 aliphatic heterocycles. The average Bonchev–Trinajstić information content (AvgIpc) is 2.89. The Bertz CT molecular complexity index is 455. The van der Waals surface area contributed by atoms with E-state index in [1.54, 1.807) is 18.3 Å². The van der Waals surface area contributed by atoms with Gasteiger partial charge < -0.3 is 10.4 Å². The summed E-state index contributed by atoms with van der Waals surface area (Å²) in [6, 6.07) is 3.21. The van der Waals surface area contributed by atoms with E-state index < -0.39 is 0 Å². The van der Waals surface area contributed by atoms with Crippen LogP contribution in [0.2, 0.25) is 5.15 Å². The molecule has 2 rings (SSSR count). The normalized spacial score (nSPS) is 21.3. The molecule has 0 aromatic carbocycles. The number of anilines is 1. The molecule has 1 aliphatic rings. The topological polar surface area (TPSA) is 65.5 Å². The molecule has 1 amide bonds. The highest BCUT2D eigenvalue weighted by Crippen LogP contribution is 2.21. The summed E-state index contributed by atoms with van der Waals surface area (Å²) in [7, 11) is 0. The number of amides is 1. The number of likely N-dealkylation sites (tertiary alicyclic amines) is 1. The van der Waals surface area contributed by atoms with Crippen LogP contribution in [-0.4, -0.2) is 46.6 Å². The van der Waals surface area contributed by atoms with Crippen molar-refractivity contribution in [3.8, 4) is 0 Å². The zero-order chi connectivity index (χ0) is 13.8. The van der Waals surface area contributed by atoms with Crippen molar-refractivity contribution in [2.45, 2.75) is 19.4 Å². The van der Waals surface area contributed by atoms with Crippen LogP contribution in [-0.2, 0) is 4.79 Å². The summed E-state index contributed by atoms with van der Waals surface area (Å²) >= 11 is 5.91. The number of carbonyl (C=O) groups is 1. The molecule has 0 bridgehead atoms. The van der Waals surface area contributed by atoms with Crippen LogP contribution >= 0.6 is 11.6 Å². The molecule has 0 spiro atoms. The summed E-state index contributed by atoms with van der Waals surface area (Å²) in [5.74, 6) is 0.172. The fourth-order valence-corrected chi connectivity index (χ4v) is 2.41. The van der Waals surface area contributed by atoms with Crippen LogP contribution in [0.25, 0.3) is 0 Å². The Hall–Kier alpha value is -1.17. The van der Waals surface area contributed by atoms with Crippen LogP contribution in [0.15, 0.2) is 18.3 Å². The first-order valence-corrected chi connectivity index (χ1v) is 6.76. The Kier molecular flexibility index (Phi) is 4.74. The molecule has 2 N–H and O–H groups in total. The van der Waals surface area contributed by atoms with Crippen molar-refractivity contribution in [2.24, 2.45) is 5.92 Å². The van der Waals surface area contributed by atoms with Crippen molar-refractivity contribution in [2.75, 3.05) is 25.0 Å². The van der Waals surface area contributed by atoms with E-state index >= 15 is 0 Å². The minimum atomic E-state index is -0.243. The fourth-order valence-electron chi connectivity index (χ4n) is 2.25. The largest absolute Gasteiger partial charge is 0.396 e. The summed E-state index contributed by atoms with van der Waals surface area (Å²) < 4.78 is 0. The molecule has 1 fully saturated rings. The summed E-state index contributed by atoms with van der Waals surface area (Å²) in [5.41, 5.74) is 0.527. The van der Waals surface area contributed by atoms with Crippen LogP contribution in [0.4, 0.5) is 5.69 Å². The van der Waals surface area contributed by atoms with E-state index in [0.29, 0.717) is 5.69 Å². The Balaban J connectivity index is 1.95. The lowest BCUT2D eigenvalue weighted by Crippen LogP contribution is -2.40. The predicted molar refractivity (Wildman–Crippen MR) is 74.1 cm³/mol. The van der Waals surface area contributed by atoms with E-state index in [1.807, 2.05) is 6.92 Å². The number of nitrogens with zero attached hydrogens (tertiary/aromatic N) is 2. The lowest BCUT2D eigenvalue weighted by Gasteiger charge is -2.23. The van der Waals surface area contributed by atoms with Crippen LogP contribution in [0.5, 0.6) is 0 Å². The number of halogens is 1. The molecule has 0 radical (unpaired) electrons. The molecule has 1 aromatic rings. The molecule has 1 saturated heterocycles. The van der Waals surface area contributed by atoms with E-state index in [9.17, 15) is 4.79 Å². The van der Waals surface area contributed by atoms with Gasteiger partial charge in [0.1, 0.15) is 0 Å². The first-order valence-electron chi connectivity index (χ1n) is 6.38. The Morgan fingerprint density at radius 1 is 1.74 bits per heavy atom. The molecule has 0 saturated carbocycles. The van der Waals surface area contributed by atoms with Gasteiger partial charge in [-0.3, -0.25) is 9.69 Å². The van der Waals surface area contributed by atoms with Crippen molar-refractivity contribution in [1.29, 1.82) is 0 Å². The highest BCUT2D eigenvalue weighted by Gasteiger charge is 2.29. The molecule has 2 atom stereocenters. The molecule has 19 heavy (non-hydrogen) atoms. The second kappa shape index (κ2) is 6.32. The molecule has 1 aromatic heterocycles. The lowest BCUT2D eigenvalue weighted by molar-refractivity contribution is -0.120. The van der Waals surface area contributed by atoms with Crippen LogP contribution in [0, 0.1) is 5.92 Å². The number of pyridine rings is 1. The van der Waals surface area contributed by atoms with Gasteiger partial charge in [-0.05, 0) is 37.9 Å². The molecule has 2 unspecified atom stereocenters. The number of aliphatic hydroxyl groups is 1. The van der Waals surface area contributed by atoms with Gasteiger partial charge in [0, 0.05) is 19.3 Å². The first kappa shape index (κ1) is 14.2. The predicted octanol–water partition coefficient (Wildman–Crippen LogP) is 1.38. The standard InChI is InChI=1S/C13H18ClN3O2/c1-9(17-6-4-10(7-17)8-18)13(19)16-11-3-2-5-15-12(11)14/h2-3,5,9-10,18H,4,6-8H2,1H3,(H,16,19). The summed E-state index contributed by atoms with van der Waals surface area (Å²) in [6.07, 6.45) is 2.51.